The Bertz CT molecular complexity index is 1040. The molecule has 174 valence electrons. The highest BCUT2D eigenvalue weighted by molar-refractivity contribution is 5.94. The Hall–Kier alpha value is -3.23. The van der Waals surface area contributed by atoms with Gasteiger partial charge in [-0.3, -0.25) is 9.69 Å². The zero-order chi connectivity index (χ0) is 23.2. The fourth-order valence-corrected chi connectivity index (χ4v) is 3.89. The molecule has 0 radical (unpaired) electrons. The highest BCUT2D eigenvalue weighted by atomic mass is 19.1. The van der Waals surface area contributed by atoms with Gasteiger partial charge in [-0.05, 0) is 55.8 Å². The molecule has 4 rings (SSSR count). The fraction of sp³-hybridized carbons (Fsp3) is 0.360. The molecule has 3 aromatic rings. The Kier molecular flexibility index (Phi) is 7.36. The molecule has 7 nitrogen and oxygen atoms in total. The first kappa shape index (κ1) is 22.9. The van der Waals surface area contributed by atoms with Crippen LogP contribution in [-0.4, -0.2) is 48.8 Å². The van der Waals surface area contributed by atoms with Gasteiger partial charge < -0.3 is 19.3 Å². The molecular formula is C25H28FN3O4. The Morgan fingerprint density at radius 1 is 1.12 bits per heavy atom. The van der Waals surface area contributed by atoms with Crippen LogP contribution in [0.15, 0.2) is 53.1 Å². The number of rotatable bonds is 8. The monoisotopic (exact) mass is 453 g/mol. The van der Waals surface area contributed by atoms with Crippen molar-refractivity contribution in [1.82, 2.24) is 15.4 Å². The number of halogens is 1. The number of carbonyl (C=O) groups excluding carboxylic acids is 1. The summed E-state index contributed by atoms with van der Waals surface area (Å²) in [6.07, 6.45) is 0. The van der Waals surface area contributed by atoms with Gasteiger partial charge in [0.05, 0.1) is 30.5 Å². The average Bonchev–Trinajstić information content (AvgIpc) is 3.17. The minimum absolute atomic E-state index is 0.0592. The lowest BCUT2D eigenvalue weighted by molar-refractivity contribution is 0.0162. The van der Waals surface area contributed by atoms with Crippen LogP contribution in [0.25, 0.3) is 0 Å². The molecule has 1 aliphatic rings. The Morgan fingerprint density at radius 3 is 2.45 bits per heavy atom. The van der Waals surface area contributed by atoms with Crippen molar-refractivity contribution in [3.8, 4) is 5.75 Å². The lowest BCUT2D eigenvalue weighted by Gasteiger charge is -2.35. The number of benzene rings is 2. The summed E-state index contributed by atoms with van der Waals surface area (Å²) in [7, 11) is 0. The molecule has 1 aromatic heterocycles. The predicted molar refractivity (Wildman–Crippen MR) is 121 cm³/mol. The zero-order valence-electron chi connectivity index (χ0n) is 18.8. The van der Waals surface area contributed by atoms with Crippen LogP contribution in [0.3, 0.4) is 0 Å². The van der Waals surface area contributed by atoms with E-state index < -0.39 is 0 Å². The highest BCUT2D eigenvalue weighted by Gasteiger charge is 2.23. The third kappa shape index (κ3) is 5.77. The molecule has 1 amide bonds. The van der Waals surface area contributed by atoms with Crippen LogP contribution in [-0.2, 0) is 11.3 Å². The summed E-state index contributed by atoms with van der Waals surface area (Å²) >= 11 is 0. The summed E-state index contributed by atoms with van der Waals surface area (Å²) < 4.78 is 29.8. The van der Waals surface area contributed by atoms with Crippen molar-refractivity contribution in [2.45, 2.75) is 26.5 Å². The molecule has 8 heteroatoms. The molecule has 2 heterocycles. The van der Waals surface area contributed by atoms with Crippen LogP contribution in [0.2, 0.25) is 0 Å². The summed E-state index contributed by atoms with van der Waals surface area (Å²) in [4.78, 5) is 15.0. The van der Waals surface area contributed by atoms with Gasteiger partial charge in [0.15, 0.2) is 0 Å². The molecule has 0 saturated carbocycles. The van der Waals surface area contributed by atoms with E-state index in [1.165, 1.54) is 12.1 Å². The zero-order valence-corrected chi connectivity index (χ0v) is 18.8. The van der Waals surface area contributed by atoms with Crippen molar-refractivity contribution >= 4 is 5.91 Å². The number of morpholine rings is 1. The molecule has 1 fully saturated rings. The van der Waals surface area contributed by atoms with E-state index in [0.717, 1.165) is 35.7 Å². The fourth-order valence-electron chi connectivity index (χ4n) is 3.89. The van der Waals surface area contributed by atoms with E-state index in [9.17, 15) is 9.18 Å². The minimum Gasteiger partial charge on any atom is -0.489 e. The van der Waals surface area contributed by atoms with Crippen LogP contribution in [0.1, 0.15) is 39.0 Å². The summed E-state index contributed by atoms with van der Waals surface area (Å²) in [5, 5.41) is 6.94. The molecule has 0 spiro atoms. The second-order valence-corrected chi connectivity index (χ2v) is 8.04. The van der Waals surface area contributed by atoms with E-state index in [1.54, 1.807) is 36.4 Å². The van der Waals surface area contributed by atoms with Crippen molar-refractivity contribution in [1.29, 1.82) is 0 Å². The van der Waals surface area contributed by atoms with E-state index in [2.05, 4.69) is 15.4 Å². The third-order valence-electron chi connectivity index (χ3n) is 5.88. The first-order valence-corrected chi connectivity index (χ1v) is 11.0. The Morgan fingerprint density at radius 2 is 1.82 bits per heavy atom. The standard InChI is InChI=1S/C25H28FN3O4/c1-17-23(18(2)33-28-17)16-32-22-9-5-20(6-10-22)25(30)27-15-24(29-11-13-31-14-12-29)19-3-7-21(26)8-4-19/h3-10,24H,11-16H2,1-2H3,(H,27,30). The quantitative estimate of drug-likeness (QED) is 0.559. The number of nitrogens with one attached hydrogen (secondary N) is 1. The predicted octanol–water partition coefficient (Wildman–Crippen LogP) is 3.81. The van der Waals surface area contributed by atoms with Crippen molar-refractivity contribution in [2.75, 3.05) is 32.8 Å². The number of hydrogen-bond acceptors (Lipinski definition) is 6. The molecule has 0 aliphatic carbocycles. The van der Waals surface area contributed by atoms with Crippen molar-refractivity contribution in [3.63, 3.8) is 0 Å². The number of aryl methyl sites for hydroxylation is 2. The van der Waals surface area contributed by atoms with Gasteiger partial charge in [0.25, 0.3) is 5.91 Å². The van der Waals surface area contributed by atoms with E-state index in [4.69, 9.17) is 14.0 Å². The molecule has 1 aliphatic heterocycles. The SMILES string of the molecule is Cc1noc(C)c1COc1ccc(C(=O)NCC(c2ccc(F)cc2)N2CCOCC2)cc1. The topological polar surface area (TPSA) is 76.8 Å². The van der Waals surface area contributed by atoms with Gasteiger partial charge in [-0.25, -0.2) is 4.39 Å². The number of aromatic nitrogens is 1. The van der Waals surface area contributed by atoms with Gasteiger partial charge >= 0.3 is 0 Å². The van der Waals surface area contributed by atoms with Crippen LogP contribution in [0.4, 0.5) is 4.39 Å². The number of carbonyl (C=O) groups is 1. The molecule has 1 unspecified atom stereocenters. The van der Waals surface area contributed by atoms with Crippen LogP contribution in [0, 0.1) is 19.7 Å². The van der Waals surface area contributed by atoms with Gasteiger partial charge in [0.1, 0.15) is 23.9 Å². The van der Waals surface area contributed by atoms with Crippen molar-refractivity contribution in [2.24, 2.45) is 0 Å². The molecular weight excluding hydrogens is 425 g/mol. The lowest BCUT2D eigenvalue weighted by atomic mass is 10.0. The second kappa shape index (κ2) is 10.6. The molecule has 0 bridgehead atoms. The summed E-state index contributed by atoms with van der Waals surface area (Å²) in [6, 6.07) is 13.4. The maximum atomic E-state index is 13.4. The average molecular weight is 454 g/mol. The van der Waals surface area contributed by atoms with E-state index in [-0.39, 0.29) is 17.8 Å². The van der Waals surface area contributed by atoms with E-state index in [1.807, 2.05) is 13.8 Å². The van der Waals surface area contributed by atoms with Gasteiger partial charge in [0.2, 0.25) is 0 Å². The summed E-state index contributed by atoms with van der Waals surface area (Å²) in [5.41, 5.74) is 3.23. The third-order valence-corrected chi connectivity index (χ3v) is 5.88. The largest absolute Gasteiger partial charge is 0.489 e. The van der Waals surface area contributed by atoms with Crippen LogP contribution >= 0.6 is 0 Å². The Labute approximate surface area is 192 Å². The molecule has 1 atom stereocenters. The van der Waals surface area contributed by atoms with E-state index >= 15 is 0 Å². The molecule has 1 saturated heterocycles. The molecule has 1 N–H and O–H groups in total. The first-order chi connectivity index (χ1) is 16.0. The second-order valence-electron chi connectivity index (χ2n) is 8.04. The number of nitrogens with zero attached hydrogens (tertiary/aromatic N) is 2. The maximum absolute atomic E-state index is 13.4. The minimum atomic E-state index is -0.278. The summed E-state index contributed by atoms with van der Waals surface area (Å²) in [5.74, 6) is 0.941. The Balaban J connectivity index is 1.37. The van der Waals surface area contributed by atoms with Gasteiger partial charge in [-0.2, -0.15) is 0 Å². The molecule has 2 aromatic carbocycles. The normalized spacial score (nSPS) is 15.2. The molecule has 33 heavy (non-hydrogen) atoms. The lowest BCUT2D eigenvalue weighted by Crippen LogP contribution is -2.43. The maximum Gasteiger partial charge on any atom is 0.251 e. The van der Waals surface area contributed by atoms with Crippen molar-refractivity contribution in [3.05, 3.63) is 82.5 Å². The van der Waals surface area contributed by atoms with Gasteiger partial charge in [-0.1, -0.05) is 17.3 Å². The number of amides is 1. The van der Waals surface area contributed by atoms with Gasteiger partial charge in [-0.15, -0.1) is 0 Å². The smallest absolute Gasteiger partial charge is 0.251 e. The van der Waals surface area contributed by atoms with Crippen molar-refractivity contribution < 1.29 is 23.2 Å². The van der Waals surface area contributed by atoms with Gasteiger partial charge in [0, 0.05) is 25.2 Å². The summed E-state index contributed by atoms with van der Waals surface area (Å²) in [6.45, 7) is 7.29. The highest BCUT2D eigenvalue weighted by Crippen LogP contribution is 2.22. The van der Waals surface area contributed by atoms with Crippen LogP contribution in [0.5, 0.6) is 5.75 Å². The number of ether oxygens (including phenoxy) is 2. The van der Waals surface area contributed by atoms with E-state index in [0.29, 0.717) is 37.7 Å². The first-order valence-electron chi connectivity index (χ1n) is 11.0. The van der Waals surface area contributed by atoms with Crippen LogP contribution < -0.4 is 10.1 Å². The number of hydrogen-bond donors (Lipinski definition) is 1.